The van der Waals surface area contributed by atoms with Crippen LogP contribution < -0.4 is 16.6 Å². The van der Waals surface area contributed by atoms with Gasteiger partial charge in [-0.3, -0.25) is 9.36 Å². The fourth-order valence-electron chi connectivity index (χ4n) is 3.88. The van der Waals surface area contributed by atoms with Gasteiger partial charge in [-0.2, -0.15) is 0 Å². The van der Waals surface area contributed by atoms with Crippen LogP contribution in [0.4, 0.5) is 11.6 Å². The van der Waals surface area contributed by atoms with Gasteiger partial charge in [-0.05, 0) is 31.9 Å². The standard InChI is InChI=1S/C23H22N8O3/c1-12(27-20-18(19(24)25-11-26-20)22-30-29-13(2)34-22)21-28-16-7-3-5-14(6-4-10-32)17(16)23(33)31(21)15-8-9-15/h3,5,7,11-12,15,32H,8-10H2,1-2H3,(H3,24,25,26,27)/t12-/m0/s1. The van der Waals surface area contributed by atoms with Crippen molar-refractivity contribution in [2.45, 2.75) is 38.8 Å². The second-order valence-electron chi connectivity index (χ2n) is 8.01. The lowest BCUT2D eigenvalue weighted by Gasteiger charge is -2.21. The number of aliphatic hydroxyl groups excluding tert-OH is 1. The molecular formula is C23H22N8O3. The highest BCUT2D eigenvalue weighted by molar-refractivity contribution is 5.84. The molecule has 1 aliphatic carbocycles. The fraction of sp³-hybridized carbons (Fsp3) is 0.304. The lowest BCUT2D eigenvalue weighted by Crippen LogP contribution is -2.28. The Morgan fingerprint density at radius 2 is 2.15 bits per heavy atom. The molecule has 4 aromatic rings. The minimum absolute atomic E-state index is 0.0658. The molecule has 0 spiro atoms. The van der Waals surface area contributed by atoms with E-state index in [2.05, 4.69) is 37.3 Å². The molecule has 1 aromatic carbocycles. The first-order valence-corrected chi connectivity index (χ1v) is 10.8. The van der Waals surface area contributed by atoms with E-state index in [9.17, 15) is 4.79 Å². The number of fused-ring (bicyclic) bond motifs is 1. The van der Waals surface area contributed by atoms with Crippen molar-refractivity contribution in [3.8, 4) is 23.3 Å². The van der Waals surface area contributed by atoms with Crippen molar-refractivity contribution in [1.29, 1.82) is 0 Å². The highest BCUT2D eigenvalue weighted by Crippen LogP contribution is 2.37. The molecule has 0 radical (unpaired) electrons. The number of nitrogen functional groups attached to an aromatic ring is 1. The molecule has 5 rings (SSSR count). The van der Waals surface area contributed by atoms with E-state index in [-0.39, 0.29) is 29.9 Å². The Morgan fingerprint density at radius 3 is 2.85 bits per heavy atom. The van der Waals surface area contributed by atoms with Crippen LogP contribution in [0, 0.1) is 18.8 Å². The molecule has 0 bridgehead atoms. The summed E-state index contributed by atoms with van der Waals surface area (Å²) in [4.78, 5) is 26.8. The van der Waals surface area contributed by atoms with Gasteiger partial charge in [-0.25, -0.2) is 15.0 Å². The summed E-state index contributed by atoms with van der Waals surface area (Å²) in [6, 6.07) is 4.98. The van der Waals surface area contributed by atoms with Crippen LogP contribution in [-0.2, 0) is 0 Å². The SMILES string of the molecule is Cc1nnc(-c2c(N)ncnc2N[C@@H](C)c2nc3cccc(C#CCO)c3c(=O)n2C2CC2)o1. The largest absolute Gasteiger partial charge is 0.421 e. The van der Waals surface area contributed by atoms with E-state index in [0.717, 1.165) is 12.8 Å². The van der Waals surface area contributed by atoms with Gasteiger partial charge in [-0.1, -0.05) is 17.9 Å². The average molecular weight is 458 g/mol. The van der Waals surface area contributed by atoms with Gasteiger partial charge in [0.25, 0.3) is 11.4 Å². The normalized spacial score (nSPS) is 14.0. The zero-order valence-corrected chi connectivity index (χ0v) is 18.6. The maximum Gasteiger partial charge on any atom is 0.262 e. The maximum atomic E-state index is 13.6. The Bertz CT molecular complexity index is 1510. The Hall–Kier alpha value is -4.30. The Balaban J connectivity index is 1.62. The molecule has 172 valence electrons. The van der Waals surface area contributed by atoms with Gasteiger partial charge in [0.2, 0.25) is 5.89 Å². The number of nitrogens with two attached hydrogens (primary N) is 1. The maximum absolute atomic E-state index is 13.6. The summed E-state index contributed by atoms with van der Waals surface area (Å²) < 4.78 is 7.28. The molecular weight excluding hydrogens is 436 g/mol. The van der Waals surface area contributed by atoms with E-state index in [1.807, 2.05) is 6.92 Å². The molecule has 0 aliphatic heterocycles. The number of hydrogen-bond acceptors (Lipinski definition) is 10. The Morgan fingerprint density at radius 1 is 1.32 bits per heavy atom. The monoisotopic (exact) mass is 458 g/mol. The molecule has 11 nitrogen and oxygen atoms in total. The number of nitrogens with one attached hydrogen (secondary N) is 1. The van der Waals surface area contributed by atoms with Crippen LogP contribution in [0.25, 0.3) is 22.4 Å². The van der Waals surface area contributed by atoms with E-state index in [0.29, 0.717) is 39.6 Å². The van der Waals surface area contributed by atoms with Crippen molar-refractivity contribution in [3.05, 3.63) is 52.2 Å². The van der Waals surface area contributed by atoms with Crippen LogP contribution in [0.1, 0.15) is 49.1 Å². The van der Waals surface area contributed by atoms with E-state index in [1.54, 1.807) is 29.7 Å². The molecule has 1 atom stereocenters. The quantitative estimate of drug-likeness (QED) is 0.378. The van der Waals surface area contributed by atoms with Crippen LogP contribution in [0.15, 0.2) is 33.7 Å². The van der Waals surface area contributed by atoms with E-state index >= 15 is 0 Å². The summed E-state index contributed by atoms with van der Waals surface area (Å²) in [5, 5.41) is 20.7. The molecule has 1 fully saturated rings. The first-order valence-electron chi connectivity index (χ1n) is 10.8. The second kappa shape index (κ2) is 8.57. The highest BCUT2D eigenvalue weighted by Gasteiger charge is 2.31. The van der Waals surface area contributed by atoms with Gasteiger partial charge in [0.1, 0.15) is 36.0 Å². The number of benzene rings is 1. The Labute approximate surface area is 194 Å². The molecule has 1 saturated carbocycles. The van der Waals surface area contributed by atoms with Gasteiger partial charge in [0.05, 0.1) is 16.9 Å². The third-order valence-electron chi connectivity index (χ3n) is 5.53. The number of rotatable bonds is 5. The van der Waals surface area contributed by atoms with Gasteiger partial charge in [-0.15, -0.1) is 10.2 Å². The van der Waals surface area contributed by atoms with Gasteiger partial charge in [0, 0.05) is 18.5 Å². The second-order valence-corrected chi connectivity index (χ2v) is 8.01. The summed E-state index contributed by atoms with van der Waals surface area (Å²) >= 11 is 0. The molecule has 3 heterocycles. The number of aliphatic hydroxyl groups is 1. The van der Waals surface area contributed by atoms with Crippen molar-refractivity contribution in [3.63, 3.8) is 0 Å². The van der Waals surface area contributed by atoms with Crippen LogP contribution in [0.3, 0.4) is 0 Å². The molecule has 0 unspecified atom stereocenters. The van der Waals surface area contributed by atoms with Crippen LogP contribution in [-0.4, -0.2) is 41.4 Å². The summed E-state index contributed by atoms with van der Waals surface area (Å²) in [6.45, 7) is 3.28. The van der Waals surface area contributed by atoms with E-state index in [1.165, 1.54) is 6.33 Å². The highest BCUT2D eigenvalue weighted by atomic mass is 16.4. The number of aromatic nitrogens is 6. The number of anilines is 2. The van der Waals surface area contributed by atoms with Crippen LogP contribution >= 0.6 is 0 Å². The molecule has 0 saturated heterocycles. The first kappa shape index (κ1) is 21.5. The molecule has 4 N–H and O–H groups in total. The van der Waals surface area contributed by atoms with Crippen molar-refractivity contribution < 1.29 is 9.52 Å². The molecule has 11 heteroatoms. The van der Waals surface area contributed by atoms with E-state index < -0.39 is 6.04 Å². The predicted molar refractivity (Wildman–Crippen MR) is 125 cm³/mol. The van der Waals surface area contributed by atoms with Crippen molar-refractivity contribution >= 4 is 22.5 Å². The van der Waals surface area contributed by atoms with Gasteiger partial charge < -0.3 is 20.6 Å². The van der Waals surface area contributed by atoms with E-state index in [4.69, 9.17) is 20.2 Å². The Kier molecular flexibility index (Phi) is 5.43. The molecule has 0 amide bonds. The summed E-state index contributed by atoms with van der Waals surface area (Å²) in [5.41, 5.74) is 7.41. The number of hydrogen-bond donors (Lipinski definition) is 3. The summed E-state index contributed by atoms with van der Waals surface area (Å²) in [5.74, 6) is 7.21. The zero-order chi connectivity index (χ0) is 23.8. The van der Waals surface area contributed by atoms with Crippen LogP contribution in [0.2, 0.25) is 0 Å². The number of aryl methyl sites for hydroxylation is 1. The summed E-state index contributed by atoms with van der Waals surface area (Å²) in [7, 11) is 0. The predicted octanol–water partition coefficient (Wildman–Crippen LogP) is 1.98. The van der Waals surface area contributed by atoms with Crippen molar-refractivity contribution in [1.82, 2.24) is 29.7 Å². The third kappa shape index (κ3) is 3.84. The number of nitrogens with zero attached hydrogens (tertiary/aromatic N) is 6. The molecule has 3 aromatic heterocycles. The summed E-state index contributed by atoms with van der Waals surface area (Å²) in [6.07, 6.45) is 3.12. The average Bonchev–Trinajstić information content (AvgIpc) is 3.57. The lowest BCUT2D eigenvalue weighted by atomic mass is 10.1. The van der Waals surface area contributed by atoms with Gasteiger partial charge in [0.15, 0.2) is 0 Å². The van der Waals surface area contributed by atoms with Crippen LogP contribution in [0.5, 0.6) is 0 Å². The lowest BCUT2D eigenvalue weighted by molar-refractivity contribution is 0.350. The minimum atomic E-state index is -0.415. The minimum Gasteiger partial charge on any atom is -0.421 e. The molecule has 1 aliphatic rings. The third-order valence-corrected chi connectivity index (χ3v) is 5.53. The van der Waals surface area contributed by atoms with Crippen molar-refractivity contribution in [2.75, 3.05) is 17.7 Å². The van der Waals surface area contributed by atoms with Crippen molar-refractivity contribution in [2.24, 2.45) is 0 Å². The zero-order valence-electron chi connectivity index (χ0n) is 18.6. The smallest absolute Gasteiger partial charge is 0.262 e. The van der Waals surface area contributed by atoms with Gasteiger partial charge >= 0.3 is 0 Å². The fourth-order valence-corrected chi connectivity index (χ4v) is 3.88. The molecule has 34 heavy (non-hydrogen) atoms. The topological polar surface area (TPSA) is 158 Å². The first-order chi connectivity index (χ1) is 16.5.